The lowest BCUT2D eigenvalue weighted by Gasteiger charge is -2.33. The number of hydrogen-bond donors (Lipinski definition) is 0. The fraction of sp³-hybridized carbons (Fsp3) is 0.130. The average molecular weight is 619 g/mol. The first kappa shape index (κ1) is 29.8. The van der Waals surface area contributed by atoms with Crippen molar-refractivity contribution in [3.63, 3.8) is 0 Å². The summed E-state index contributed by atoms with van der Waals surface area (Å²) in [6.07, 6.45) is 10.9. The highest BCUT2D eigenvalue weighted by atomic mass is 15.0. The molecule has 2 atom stereocenters. The van der Waals surface area contributed by atoms with Gasteiger partial charge in [0.2, 0.25) is 0 Å². The maximum absolute atomic E-state index is 5.27. The number of rotatable bonds is 6. The first-order valence-corrected chi connectivity index (χ1v) is 17.0. The van der Waals surface area contributed by atoms with Gasteiger partial charge in [0.1, 0.15) is 0 Å². The van der Waals surface area contributed by atoms with Crippen LogP contribution in [0, 0.1) is 0 Å². The van der Waals surface area contributed by atoms with E-state index >= 15 is 0 Å². The average Bonchev–Trinajstić information content (AvgIpc) is 3.17. The number of aliphatic imine (C=N–C) groups is 2. The Kier molecular flexibility index (Phi) is 8.00. The van der Waals surface area contributed by atoms with E-state index in [0.29, 0.717) is 5.92 Å². The Labute approximate surface area is 284 Å². The number of benzene rings is 5. The van der Waals surface area contributed by atoms with E-state index in [1.165, 1.54) is 61.2 Å². The smallest absolute Gasteiger partial charge is 0.155 e. The number of hydrogen-bond acceptors (Lipinski definition) is 2. The zero-order valence-corrected chi connectivity index (χ0v) is 27.5. The van der Waals surface area contributed by atoms with Crippen molar-refractivity contribution < 1.29 is 0 Å². The van der Waals surface area contributed by atoms with E-state index in [0.717, 1.165) is 30.0 Å². The van der Waals surface area contributed by atoms with Crippen molar-refractivity contribution in [1.82, 2.24) is 0 Å². The van der Waals surface area contributed by atoms with E-state index in [9.17, 15) is 0 Å². The normalized spacial score (nSPS) is 18.8. The fourth-order valence-electron chi connectivity index (χ4n) is 7.46. The first-order valence-electron chi connectivity index (χ1n) is 17.0. The minimum absolute atomic E-state index is 0.00434. The van der Waals surface area contributed by atoms with E-state index in [1.54, 1.807) is 0 Å². The molecule has 2 unspecified atom stereocenters. The van der Waals surface area contributed by atoms with Crippen molar-refractivity contribution in [2.75, 3.05) is 0 Å². The molecule has 0 bridgehead atoms. The predicted molar refractivity (Wildman–Crippen MR) is 203 cm³/mol. The molecule has 1 heterocycles. The molecule has 1 aliphatic heterocycles. The maximum atomic E-state index is 5.27. The SMILES string of the molecule is C/C=C(\C=C(/C)C1=NC(c2cccc(C3=CC=C4c5ccccc5-c5ccccc5C4C3)c2)=NC(c2ccccc2)C1)c1ccccc1. The molecule has 0 saturated heterocycles. The van der Waals surface area contributed by atoms with Crippen LogP contribution in [-0.2, 0) is 0 Å². The molecule has 2 nitrogen and oxygen atoms in total. The van der Waals surface area contributed by atoms with Gasteiger partial charge in [0.15, 0.2) is 5.84 Å². The third kappa shape index (κ3) is 5.65. The molecule has 0 N–H and O–H groups in total. The van der Waals surface area contributed by atoms with Crippen LogP contribution < -0.4 is 0 Å². The van der Waals surface area contributed by atoms with Crippen molar-refractivity contribution in [3.8, 4) is 11.1 Å². The minimum atomic E-state index is 0.00434. The second-order valence-corrected chi connectivity index (χ2v) is 12.9. The lowest BCUT2D eigenvalue weighted by molar-refractivity contribution is 0.752. The highest BCUT2D eigenvalue weighted by Gasteiger charge is 2.31. The molecule has 0 fully saturated rings. The Morgan fingerprint density at radius 2 is 1.35 bits per heavy atom. The van der Waals surface area contributed by atoms with Gasteiger partial charge in [0, 0.05) is 23.6 Å². The molecule has 0 saturated carbocycles. The van der Waals surface area contributed by atoms with Crippen LogP contribution in [0.1, 0.15) is 72.0 Å². The van der Waals surface area contributed by atoms with Gasteiger partial charge in [0.05, 0.1) is 6.04 Å². The Morgan fingerprint density at radius 3 is 2.15 bits per heavy atom. The molecule has 0 aromatic heterocycles. The number of allylic oxidation sites excluding steroid dienone is 8. The maximum Gasteiger partial charge on any atom is 0.155 e. The van der Waals surface area contributed by atoms with Gasteiger partial charge in [-0.15, -0.1) is 0 Å². The third-order valence-corrected chi connectivity index (χ3v) is 9.95. The number of nitrogens with zero attached hydrogens (tertiary/aromatic N) is 2. The van der Waals surface area contributed by atoms with Gasteiger partial charge in [-0.2, -0.15) is 0 Å². The Balaban J connectivity index is 1.17. The number of amidine groups is 1. The fourth-order valence-corrected chi connectivity index (χ4v) is 7.46. The highest BCUT2D eigenvalue weighted by Crippen LogP contribution is 2.51. The molecule has 5 aromatic carbocycles. The summed E-state index contributed by atoms with van der Waals surface area (Å²) in [5.41, 5.74) is 16.4. The summed E-state index contributed by atoms with van der Waals surface area (Å²) in [4.78, 5) is 10.5. The van der Waals surface area contributed by atoms with Crippen LogP contribution in [0.3, 0.4) is 0 Å². The molecular formula is C46H38N2. The first-order chi connectivity index (χ1) is 23.7. The van der Waals surface area contributed by atoms with E-state index in [-0.39, 0.29) is 6.04 Å². The van der Waals surface area contributed by atoms with E-state index < -0.39 is 0 Å². The van der Waals surface area contributed by atoms with Crippen molar-refractivity contribution in [1.29, 1.82) is 0 Å². The molecule has 0 radical (unpaired) electrons. The standard InChI is InChI=1S/C46H38N2/c1-3-32(33-15-6-4-7-16-33)27-31(2)44-30-45(34-17-8-5-9-18-34)48-46(47-44)37-20-14-19-35(28-37)36-25-26-42-40-23-11-10-21-38(40)39-22-12-13-24-41(39)43(42)29-36/h3-28,43,45H,29-30H2,1-2H3/b31-27+,32-3+. The molecule has 2 aliphatic carbocycles. The summed E-state index contributed by atoms with van der Waals surface area (Å²) < 4.78 is 0. The largest absolute Gasteiger partial charge is 0.258 e. The van der Waals surface area contributed by atoms with Crippen molar-refractivity contribution in [3.05, 3.63) is 197 Å². The molecule has 3 aliphatic rings. The van der Waals surface area contributed by atoms with Crippen LogP contribution in [0.15, 0.2) is 173 Å². The second kappa shape index (κ2) is 12.9. The molecule has 0 spiro atoms. The van der Waals surface area contributed by atoms with Gasteiger partial charge < -0.3 is 0 Å². The van der Waals surface area contributed by atoms with Crippen LogP contribution in [0.4, 0.5) is 0 Å². The third-order valence-electron chi connectivity index (χ3n) is 9.95. The van der Waals surface area contributed by atoms with Crippen LogP contribution in [0.2, 0.25) is 0 Å². The van der Waals surface area contributed by atoms with E-state index in [4.69, 9.17) is 9.98 Å². The Hall–Kier alpha value is -5.60. The summed E-state index contributed by atoms with van der Waals surface area (Å²) in [7, 11) is 0. The summed E-state index contributed by atoms with van der Waals surface area (Å²) >= 11 is 0. The van der Waals surface area contributed by atoms with Crippen LogP contribution >= 0.6 is 0 Å². The Bertz CT molecular complexity index is 2190. The van der Waals surface area contributed by atoms with Gasteiger partial charge in [0.25, 0.3) is 0 Å². The van der Waals surface area contributed by atoms with Crippen LogP contribution in [0.5, 0.6) is 0 Å². The number of fused-ring (bicyclic) bond motifs is 6. The minimum Gasteiger partial charge on any atom is -0.258 e. The predicted octanol–water partition coefficient (Wildman–Crippen LogP) is 11.7. The van der Waals surface area contributed by atoms with Crippen LogP contribution in [-0.4, -0.2) is 11.5 Å². The van der Waals surface area contributed by atoms with E-state index in [2.05, 4.69) is 172 Å². The monoisotopic (exact) mass is 618 g/mol. The zero-order chi connectivity index (χ0) is 32.5. The molecule has 5 aromatic rings. The van der Waals surface area contributed by atoms with Gasteiger partial charge in [-0.25, -0.2) is 4.99 Å². The molecule has 8 rings (SSSR count). The highest BCUT2D eigenvalue weighted by molar-refractivity contribution is 6.14. The van der Waals surface area contributed by atoms with Gasteiger partial charge in [-0.05, 0) is 93.6 Å². The van der Waals surface area contributed by atoms with Gasteiger partial charge >= 0.3 is 0 Å². The lowest BCUT2D eigenvalue weighted by atomic mass is 9.70. The van der Waals surface area contributed by atoms with Crippen molar-refractivity contribution in [2.45, 2.75) is 38.6 Å². The summed E-state index contributed by atoms with van der Waals surface area (Å²) in [6, 6.07) is 47.8. The zero-order valence-electron chi connectivity index (χ0n) is 27.5. The summed E-state index contributed by atoms with van der Waals surface area (Å²) in [6.45, 7) is 4.28. The molecule has 2 heteroatoms. The topological polar surface area (TPSA) is 24.7 Å². The van der Waals surface area contributed by atoms with Crippen molar-refractivity contribution >= 4 is 28.3 Å². The quantitative estimate of drug-likeness (QED) is 0.169. The summed E-state index contributed by atoms with van der Waals surface area (Å²) in [5, 5.41) is 0. The molecule has 232 valence electrons. The second-order valence-electron chi connectivity index (χ2n) is 12.9. The van der Waals surface area contributed by atoms with Gasteiger partial charge in [-0.3, -0.25) is 4.99 Å². The van der Waals surface area contributed by atoms with E-state index in [1.807, 2.05) is 0 Å². The molecule has 48 heavy (non-hydrogen) atoms. The summed E-state index contributed by atoms with van der Waals surface area (Å²) in [5.74, 6) is 1.13. The lowest BCUT2D eigenvalue weighted by Crippen LogP contribution is -2.17. The van der Waals surface area contributed by atoms with Gasteiger partial charge in [-0.1, -0.05) is 146 Å². The van der Waals surface area contributed by atoms with Crippen molar-refractivity contribution in [2.24, 2.45) is 9.98 Å². The molecular weight excluding hydrogens is 581 g/mol. The Morgan fingerprint density at radius 1 is 0.667 bits per heavy atom. The van der Waals surface area contributed by atoms with Crippen LogP contribution in [0.25, 0.3) is 27.8 Å². The molecule has 0 amide bonds.